The van der Waals surface area contributed by atoms with Crippen molar-refractivity contribution < 1.29 is 4.79 Å². The van der Waals surface area contributed by atoms with Crippen LogP contribution >= 0.6 is 16.1 Å². The van der Waals surface area contributed by atoms with E-state index >= 15 is 0 Å². The molecule has 106 valence electrons. The van der Waals surface area contributed by atoms with Gasteiger partial charge in [0.15, 0.2) is 0 Å². The zero-order valence-electron chi connectivity index (χ0n) is 11.5. The van der Waals surface area contributed by atoms with Gasteiger partial charge in [0.05, 0.1) is 16.1 Å². The molecule has 2 saturated carbocycles. The number of amides is 1. The molecule has 0 N–H and O–H groups in total. The third-order valence-electron chi connectivity index (χ3n) is 5.36. The normalized spacial score (nSPS) is 30.1. The van der Waals surface area contributed by atoms with E-state index in [1.807, 2.05) is 6.92 Å². The van der Waals surface area contributed by atoms with Gasteiger partial charge < -0.3 is 0 Å². The molecule has 1 unspecified atom stereocenters. The van der Waals surface area contributed by atoms with Gasteiger partial charge in [-0.15, -0.1) is 0 Å². The van der Waals surface area contributed by atoms with Gasteiger partial charge in [0, 0.05) is 6.07 Å². The van der Waals surface area contributed by atoms with Crippen LogP contribution < -0.4 is 5.56 Å². The van der Waals surface area contributed by atoms with Crippen molar-refractivity contribution in [3.8, 4) is 0 Å². The topological polar surface area (TPSA) is 42.3 Å². The highest BCUT2D eigenvalue weighted by molar-refractivity contribution is 9.07. The third kappa shape index (κ3) is 1.42. The van der Waals surface area contributed by atoms with E-state index in [1.54, 1.807) is 20.6 Å². The molecule has 1 atom stereocenters. The molecular formula is C15H17BrN2O2. The quantitative estimate of drug-likeness (QED) is 0.683. The summed E-state index contributed by atoms with van der Waals surface area (Å²) in [4.78, 5) is 25.0. The minimum absolute atomic E-state index is 0.0569. The summed E-state index contributed by atoms with van der Waals surface area (Å²) in [6, 6.07) is 3.34. The van der Waals surface area contributed by atoms with E-state index in [0.717, 1.165) is 24.8 Å². The lowest BCUT2D eigenvalue weighted by molar-refractivity contribution is 0.0429. The van der Waals surface area contributed by atoms with Gasteiger partial charge in [-0.25, -0.2) is 3.93 Å². The van der Waals surface area contributed by atoms with Gasteiger partial charge in [-0.05, 0) is 56.4 Å². The number of carbonyl (C=O) groups excluding carboxylic acids is 1. The van der Waals surface area contributed by atoms with Crippen LogP contribution in [0.3, 0.4) is 0 Å². The largest absolute Gasteiger partial charge is 0.282 e. The van der Waals surface area contributed by atoms with Crippen molar-refractivity contribution in [1.29, 1.82) is 0 Å². The van der Waals surface area contributed by atoms with Gasteiger partial charge >= 0.3 is 0 Å². The molecule has 3 aliphatic rings. The number of hydrogen-bond donors (Lipinski definition) is 0. The second kappa shape index (κ2) is 3.75. The Morgan fingerprint density at radius 3 is 2.60 bits per heavy atom. The van der Waals surface area contributed by atoms with Gasteiger partial charge in [-0.2, -0.15) is 0 Å². The monoisotopic (exact) mass is 336 g/mol. The van der Waals surface area contributed by atoms with E-state index in [0.29, 0.717) is 11.1 Å². The molecule has 0 radical (unpaired) electrons. The molecule has 2 spiro atoms. The van der Waals surface area contributed by atoms with Crippen molar-refractivity contribution in [1.82, 2.24) is 8.49 Å². The number of aromatic nitrogens is 1. The number of hydrogen-bond acceptors (Lipinski definition) is 2. The van der Waals surface area contributed by atoms with Crippen molar-refractivity contribution in [3.63, 3.8) is 0 Å². The SMILES string of the molecule is Cc1ccc(=O)n2c1C(=O)N(Br)C21CCCC2(CC2)C1. The highest BCUT2D eigenvalue weighted by Crippen LogP contribution is 2.62. The van der Waals surface area contributed by atoms with Gasteiger partial charge in [0.1, 0.15) is 11.4 Å². The first kappa shape index (κ1) is 12.6. The molecule has 4 nitrogen and oxygen atoms in total. The molecule has 1 aliphatic heterocycles. The van der Waals surface area contributed by atoms with E-state index in [-0.39, 0.29) is 11.5 Å². The Morgan fingerprint density at radius 1 is 1.15 bits per heavy atom. The maximum atomic E-state index is 12.6. The van der Waals surface area contributed by atoms with Gasteiger partial charge in [-0.3, -0.25) is 14.2 Å². The number of halogens is 1. The van der Waals surface area contributed by atoms with Crippen LogP contribution in [0.25, 0.3) is 0 Å². The van der Waals surface area contributed by atoms with Crippen molar-refractivity contribution >= 4 is 22.1 Å². The number of carbonyl (C=O) groups is 1. The number of nitrogens with zero attached hydrogens (tertiary/aromatic N) is 2. The first-order chi connectivity index (χ1) is 9.49. The van der Waals surface area contributed by atoms with Crippen LogP contribution in [-0.2, 0) is 5.66 Å². The fourth-order valence-corrected chi connectivity index (χ4v) is 4.80. The molecule has 0 bridgehead atoms. The molecule has 2 aliphatic carbocycles. The molecule has 4 rings (SSSR count). The van der Waals surface area contributed by atoms with E-state index in [2.05, 4.69) is 16.1 Å². The highest BCUT2D eigenvalue weighted by atomic mass is 79.9. The summed E-state index contributed by atoms with van der Waals surface area (Å²) in [5, 5.41) is 0. The fraction of sp³-hybridized carbons (Fsp3) is 0.600. The summed E-state index contributed by atoms with van der Waals surface area (Å²) in [5.74, 6) is -0.0714. The Hall–Kier alpha value is -1.10. The lowest BCUT2D eigenvalue weighted by atomic mass is 9.78. The first-order valence-corrected chi connectivity index (χ1v) is 7.94. The predicted octanol–water partition coefficient (Wildman–Crippen LogP) is 2.93. The summed E-state index contributed by atoms with van der Waals surface area (Å²) in [5.41, 5.74) is 1.27. The Kier molecular flexibility index (Phi) is 2.37. The Labute approximate surface area is 126 Å². The van der Waals surface area contributed by atoms with Crippen LogP contribution in [0, 0.1) is 12.3 Å². The lowest BCUT2D eigenvalue weighted by Crippen LogP contribution is -2.49. The van der Waals surface area contributed by atoms with Crippen molar-refractivity contribution in [2.24, 2.45) is 5.41 Å². The number of fused-ring (bicyclic) bond motifs is 2. The van der Waals surface area contributed by atoms with E-state index in [1.165, 1.54) is 19.3 Å². The minimum atomic E-state index is -0.482. The predicted molar refractivity (Wildman–Crippen MR) is 78.6 cm³/mol. The maximum Gasteiger partial charge on any atom is 0.282 e. The zero-order chi connectivity index (χ0) is 14.1. The van der Waals surface area contributed by atoms with Crippen molar-refractivity contribution in [2.75, 3.05) is 0 Å². The molecular weight excluding hydrogens is 320 g/mol. The summed E-state index contributed by atoms with van der Waals surface area (Å²) < 4.78 is 3.42. The summed E-state index contributed by atoms with van der Waals surface area (Å²) in [6.07, 6.45) is 6.56. The van der Waals surface area contributed by atoms with E-state index < -0.39 is 5.66 Å². The van der Waals surface area contributed by atoms with Crippen LogP contribution in [0.2, 0.25) is 0 Å². The molecule has 1 aromatic rings. The smallest absolute Gasteiger partial charge is 0.278 e. The highest BCUT2D eigenvalue weighted by Gasteiger charge is 2.59. The standard InChI is InChI=1S/C15H17BrN2O2/c1-10-3-4-11(19)17-12(10)13(20)18(16)15(17)6-2-5-14(9-15)7-8-14/h3-4H,2,5-9H2,1H3. The molecule has 2 fully saturated rings. The molecule has 20 heavy (non-hydrogen) atoms. The Morgan fingerprint density at radius 2 is 1.90 bits per heavy atom. The molecule has 2 heterocycles. The Balaban J connectivity index is 1.97. The van der Waals surface area contributed by atoms with Gasteiger partial charge in [0.2, 0.25) is 0 Å². The van der Waals surface area contributed by atoms with Crippen LogP contribution in [0.1, 0.15) is 54.6 Å². The molecule has 0 aromatic carbocycles. The maximum absolute atomic E-state index is 12.6. The van der Waals surface area contributed by atoms with Crippen molar-refractivity contribution in [3.05, 3.63) is 33.7 Å². The van der Waals surface area contributed by atoms with Crippen LogP contribution in [0.5, 0.6) is 0 Å². The first-order valence-electron chi connectivity index (χ1n) is 7.23. The van der Waals surface area contributed by atoms with Gasteiger partial charge in [-0.1, -0.05) is 6.07 Å². The number of pyridine rings is 1. The number of rotatable bonds is 0. The molecule has 0 saturated heterocycles. The molecule has 1 amide bonds. The summed E-state index contributed by atoms with van der Waals surface area (Å²) in [7, 11) is 0. The fourth-order valence-electron chi connectivity index (χ4n) is 4.17. The second-order valence-corrected chi connectivity index (χ2v) is 7.35. The van der Waals surface area contributed by atoms with Gasteiger partial charge in [0.25, 0.3) is 11.5 Å². The summed E-state index contributed by atoms with van der Waals surface area (Å²) in [6.45, 7) is 1.90. The summed E-state index contributed by atoms with van der Waals surface area (Å²) >= 11 is 3.48. The number of aryl methyl sites for hydroxylation is 1. The molecule has 5 heteroatoms. The van der Waals surface area contributed by atoms with Crippen molar-refractivity contribution in [2.45, 2.75) is 51.1 Å². The second-order valence-electron chi connectivity index (χ2n) is 6.64. The van der Waals surface area contributed by atoms with Crippen LogP contribution in [0.15, 0.2) is 16.9 Å². The van der Waals surface area contributed by atoms with Crippen LogP contribution in [-0.4, -0.2) is 14.4 Å². The average Bonchev–Trinajstić information content (AvgIpc) is 3.13. The zero-order valence-corrected chi connectivity index (χ0v) is 13.1. The third-order valence-corrected chi connectivity index (χ3v) is 6.34. The van der Waals surface area contributed by atoms with E-state index in [4.69, 9.17) is 0 Å². The minimum Gasteiger partial charge on any atom is -0.278 e. The lowest BCUT2D eigenvalue weighted by Gasteiger charge is -2.42. The Bertz CT molecular complexity index is 677. The van der Waals surface area contributed by atoms with Crippen LogP contribution in [0.4, 0.5) is 0 Å². The molecule has 1 aromatic heterocycles. The average molecular weight is 337 g/mol. The van der Waals surface area contributed by atoms with E-state index in [9.17, 15) is 9.59 Å².